The first-order chi connectivity index (χ1) is 9.59. The molecule has 20 heavy (non-hydrogen) atoms. The van der Waals surface area contributed by atoms with Crippen molar-refractivity contribution in [1.29, 1.82) is 0 Å². The summed E-state index contributed by atoms with van der Waals surface area (Å²) in [7, 11) is 0. The second-order valence-corrected chi connectivity index (χ2v) is 5.01. The number of aromatic nitrogens is 2. The standard InChI is InChI=1S/C15H16N2O3/c1-9-4-3-5-12(10(9)2)17-13-6-7-20-8-11(13)14(16-17)15(18)19/h3-5H,6-8H2,1-2H3,(H,18,19). The van der Waals surface area contributed by atoms with E-state index in [0.717, 1.165) is 22.5 Å². The van der Waals surface area contributed by atoms with Crippen LogP contribution in [0, 0.1) is 13.8 Å². The third kappa shape index (κ3) is 1.91. The molecule has 2 heterocycles. The Morgan fingerprint density at radius 3 is 2.95 bits per heavy atom. The monoisotopic (exact) mass is 272 g/mol. The summed E-state index contributed by atoms with van der Waals surface area (Å²) in [6.45, 7) is 4.99. The Balaban J connectivity index is 2.24. The van der Waals surface area contributed by atoms with Crippen molar-refractivity contribution in [2.75, 3.05) is 6.61 Å². The molecule has 0 unspecified atom stereocenters. The van der Waals surface area contributed by atoms with Crippen LogP contribution in [0.15, 0.2) is 18.2 Å². The van der Waals surface area contributed by atoms with Crippen LogP contribution in [-0.2, 0) is 17.8 Å². The third-order valence-corrected chi connectivity index (χ3v) is 3.83. The number of carbonyl (C=O) groups is 1. The van der Waals surface area contributed by atoms with Crippen LogP contribution in [0.4, 0.5) is 0 Å². The van der Waals surface area contributed by atoms with Crippen molar-refractivity contribution in [1.82, 2.24) is 9.78 Å². The number of hydrogen-bond donors (Lipinski definition) is 1. The molecule has 0 atom stereocenters. The van der Waals surface area contributed by atoms with Crippen LogP contribution >= 0.6 is 0 Å². The van der Waals surface area contributed by atoms with E-state index in [1.54, 1.807) is 4.68 Å². The molecule has 3 rings (SSSR count). The van der Waals surface area contributed by atoms with E-state index in [1.165, 1.54) is 0 Å². The van der Waals surface area contributed by atoms with Crippen molar-refractivity contribution in [2.45, 2.75) is 26.9 Å². The number of aromatic carboxylic acids is 1. The number of carboxylic acids is 1. The maximum Gasteiger partial charge on any atom is 0.356 e. The molecule has 0 saturated carbocycles. The number of aryl methyl sites for hydroxylation is 1. The van der Waals surface area contributed by atoms with Crippen LogP contribution in [0.5, 0.6) is 0 Å². The lowest BCUT2D eigenvalue weighted by Crippen LogP contribution is -2.14. The van der Waals surface area contributed by atoms with Gasteiger partial charge in [-0.05, 0) is 31.0 Å². The summed E-state index contributed by atoms with van der Waals surface area (Å²) < 4.78 is 7.14. The number of ether oxygens (including phenoxy) is 1. The highest BCUT2D eigenvalue weighted by molar-refractivity contribution is 5.87. The number of nitrogens with zero attached hydrogens (tertiary/aromatic N) is 2. The Hall–Kier alpha value is -2.14. The molecule has 0 fully saturated rings. The van der Waals surface area contributed by atoms with Crippen LogP contribution in [0.3, 0.4) is 0 Å². The quantitative estimate of drug-likeness (QED) is 0.910. The largest absolute Gasteiger partial charge is 0.476 e. The average molecular weight is 272 g/mol. The summed E-state index contributed by atoms with van der Waals surface area (Å²) in [5.41, 5.74) is 4.96. The van der Waals surface area contributed by atoms with Crippen LogP contribution in [-0.4, -0.2) is 27.5 Å². The van der Waals surface area contributed by atoms with Gasteiger partial charge in [0, 0.05) is 12.0 Å². The molecule has 5 nitrogen and oxygen atoms in total. The highest BCUT2D eigenvalue weighted by Gasteiger charge is 2.26. The fraction of sp³-hybridized carbons (Fsp3) is 0.333. The van der Waals surface area contributed by atoms with Crippen molar-refractivity contribution in [3.63, 3.8) is 0 Å². The van der Waals surface area contributed by atoms with Crippen LogP contribution in [0.1, 0.15) is 32.9 Å². The Kier molecular flexibility index (Phi) is 3.06. The summed E-state index contributed by atoms with van der Waals surface area (Å²) in [4.78, 5) is 11.3. The zero-order valence-electron chi connectivity index (χ0n) is 11.5. The fourth-order valence-corrected chi connectivity index (χ4v) is 2.57. The molecular formula is C15H16N2O3. The van der Waals surface area contributed by atoms with Gasteiger partial charge in [-0.25, -0.2) is 9.48 Å². The Morgan fingerprint density at radius 1 is 1.40 bits per heavy atom. The number of fused-ring (bicyclic) bond motifs is 1. The van der Waals surface area contributed by atoms with Crippen molar-refractivity contribution in [3.8, 4) is 5.69 Å². The molecule has 104 valence electrons. The van der Waals surface area contributed by atoms with Gasteiger partial charge in [0.15, 0.2) is 5.69 Å². The van der Waals surface area contributed by atoms with Crippen molar-refractivity contribution in [3.05, 3.63) is 46.3 Å². The maximum absolute atomic E-state index is 11.3. The third-order valence-electron chi connectivity index (χ3n) is 3.83. The van der Waals surface area contributed by atoms with Crippen LogP contribution in [0.25, 0.3) is 5.69 Å². The first kappa shape index (κ1) is 12.9. The molecule has 0 radical (unpaired) electrons. The van der Waals surface area contributed by atoms with Gasteiger partial charge in [-0.2, -0.15) is 5.10 Å². The van der Waals surface area contributed by atoms with Gasteiger partial charge in [0.05, 0.1) is 24.6 Å². The molecule has 1 aliphatic rings. The Labute approximate surface area is 116 Å². The van der Waals surface area contributed by atoms with Gasteiger partial charge in [-0.3, -0.25) is 0 Å². The Morgan fingerprint density at radius 2 is 2.20 bits per heavy atom. The molecule has 0 saturated heterocycles. The fourth-order valence-electron chi connectivity index (χ4n) is 2.57. The van der Waals surface area contributed by atoms with Gasteiger partial charge >= 0.3 is 5.97 Å². The number of rotatable bonds is 2. The summed E-state index contributed by atoms with van der Waals surface area (Å²) >= 11 is 0. The minimum atomic E-state index is -1.00. The van der Waals surface area contributed by atoms with Gasteiger partial charge in [0.1, 0.15) is 0 Å². The van der Waals surface area contributed by atoms with E-state index in [1.807, 2.05) is 32.0 Å². The molecule has 0 bridgehead atoms. The van der Waals surface area contributed by atoms with E-state index in [4.69, 9.17) is 4.74 Å². The highest BCUT2D eigenvalue weighted by Crippen LogP contribution is 2.26. The zero-order chi connectivity index (χ0) is 14.3. The SMILES string of the molecule is Cc1cccc(-n2nc(C(=O)O)c3c2CCOC3)c1C. The van der Waals surface area contributed by atoms with E-state index in [9.17, 15) is 9.90 Å². The molecule has 2 aromatic rings. The van der Waals surface area contributed by atoms with E-state index in [-0.39, 0.29) is 5.69 Å². The minimum Gasteiger partial charge on any atom is -0.476 e. The van der Waals surface area contributed by atoms with Gasteiger partial charge in [0.2, 0.25) is 0 Å². The molecule has 1 aromatic heterocycles. The van der Waals surface area contributed by atoms with Crippen molar-refractivity contribution < 1.29 is 14.6 Å². The predicted molar refractivity (Wildman–Crippen MR) is 73.4 cm³/mol. The lowest BCUT2D eigenvalue weighted by atomic mass is 10.1. The lowest BCUT2D eigenvalue weighted by molar-refractivity contribution is 0.0677. The molecule has 0 aliphatic carbocycles. The van der Waals surface area contributed by atoms with Gasteiger partial charge in [0.25, 0.3) is 0 Å². The van der Waals surface area contributed by atoms with E-state index < -0.39 is 5.97 Å². The summed E-state index contributed by atoms with van der Waals surface area (Å²) in [5.74, 6) is -1.00. The molecule has 5 heteroatoms. The lowest BCUT2D eigenvalue weighted by Gasteiger charge is -2.16. The van der Waals surface area contributed by atoms with E-state index >= 15 is 0 Å². The van der Waals surface area contributed by atoms with E-state index in [0.29, 0.717) is 25.2 Å². The smallest absolute Gasteiger partial charge is 0.356 e. The normalized spacial score (nSPS) is 14.1. The molecule has 1 N–H and O–H groups in total. The summed E-state index contributed by atoms with van der Waals surface area (Å²) in [5, 5.41) is 13.6. The summed E-state index contributed by atoms with van der Waals surface area (Å²) in [6, 6.07) is 5.97. The van der Waals surface area contributed by atoms with Crippen LogP contribution in [0.2, 0.25) is 0 Å². The van der Waals surface area contributed by atoms with Crippen LogP contribution < -0.4 is 0 Å². The minimum absolute atomic E-state index is 0.0978. The first-order valence-corrected chi connectivity index (χ1v) is 6.58. The van der Waals surface area contributed by atoms with Gasteiger partial charge in [-0.15, -0.1) is 0 Å². The second-order valence-electron chi connectivity index (χ2n) is 5.01. The topological polar surface area (TPSA) is 64.4 Å². The van der Waals surface area contributed by atoms with Crippen molar-refractivity contribution >= 4 is 5.97 Å². The molecule has 0 spiro atoms. The molecule has 1 aliphatic heterocycles. The number of carboxylic acid groups (broad SMARTS) is 1. The van der Waals surface area contributed by atoms with Crippen molar-refractivity contribution in [2.24, 2.45) is 0 Å². The van der Waals surface area contributed by atoms with E-state index in [2.05, 4.69) is 5.10 Å². The van der Waals surface area contributed by atoms with Gasteiger partial charge in [-0.1, -0.05) is 12.1 Å². The molecule has 1 aromatic carbocycles. The van der Waals surface area contributed by atoms with Gasteiger partial charge < -0.3 is 9.84 Å². The Bertz CT molecular complexity index is 689. The number of hydrogen-bond acceptors (Lipinski definition) is 3. The zero-order valence-corrected chi connectivity index (χ0v) is 11.5. The predicted octanol–water partition coefficient (Wildman–Crippen LogP) is 2.26. The number of benzene rings is 1. The second kappa shape index (κ2) is 4.76. The molecular weight excluding hydrogens is 256 g/mol. The first-order valence-electron chi connectivity index (χ1n) is 6.58. The molecule has 0 amide bonds. The maximum atomic E-state index is 11.3. The summed E-state index contributed by atoms with van der Waals surface area (Å²) in [6.07, 6.45) is 0.684. The highest BCUT2D eigenvalue weighted by atomic mass is 16.5. The average Bonchev–Trinajstić information content (AvgIpc) is 2.82.